The Kier molecular flexibility index (Phi) is 7.42. The molecule has 0 bridgehead atoms. The summed E-state index contributed by atoms with van der Waals surface area (Å²) in [6, 6.07) is 0. The largest absolute Gasteiger partial charge is 0.460 e. The predicted octanol–water partition coefficient (Wildman–Crippen LogP) is 5.68. The summed E-state index contributed by atoms with van der Waals surface area (Å²) in [6.45, 7) is 0. The lowest BCUT2D eigenvalue weighted by Gasteiger charge is -2.42. The Hall–Kier alpha value is -0.840. The fourth-order valence-corrected chi connectivity index (χ4v) is 2.07. The van der Waals surface area contributed by atoms with E-state index < -0.39 is 68.6 Å². The van der Waals surface area contributed by atoms with E-state index in [9.17, 15) is 74.6 Å². The van der Waals surface area contributed by atoms with Crippen LogP contribution in [-0.4, -0.2) is 63.6 Å². The summed E-state index contributed by atoms with van der Waals surface area (Å²) in [7, 11) is -3.58. The van der Waals surface area contributed by atoms with Crippen LogP contribution in [0.4, 0.5) is 74.6 Å². The van der Waals surface area contributed by atoms with Crippen molar-refractivity contribution in [1.29, 1.82) is 0 Å². The highest BCUT2D eigenvalue weighted by molar-refractivity contribution is 7.45. The Labute approximate surface area is 154 Å². The molecule has 0 atom stereocenters. The summed E-state index contributed by atoms with van der Waals surface area (Å²) in [4.78, 5) is 16.5. The van der Waals surface area contributed by atoms with Crippen molar-refractivity contribution in [2.24, 2.45) is 0 Å². The van der Waals surface area contributed by atoms with Crippen LogP contribution in [0.25, 0.3) is 0 Å². The molecular weight excluding hydrogens is 506 g/mol. The third kappa shape index (κ3) is 4.00. The van der Waals surface area contributed by atoms with Gasteiger partial charge in [-0.15, -0.1) is 0 Å². The van der Waals surface area contributed by atoms with E-state index in [4.69, 9.17) is 9.79 Å². The zero-order valence-corrected chi connectivity index (χ0v) is 14.1. The molecule has 20 heteroatoms. The Morgan fingerprint density at radius 3 is 0.967 bits per heavy atom. The molecule has 0 fully saturated rings. The van der Waals surface area contributed by atoms with Gasteiger partial charge in [0.2, 0.25) is 0 Å². The molecule has 0 aliphatic carbocycles. The molecule has 0 aromatic carbocycles. The van der Waals surface area contributed by atoms with Gasteiger partial charge in [0.1, 0.15) is 0 Å². The quantitative estimate of drug-likeness (QED) is 0.309. The van der Waals surface area contributed by atoms with E-state index in [0.717, 1.165) is 0 Å². The third-order valence-corrected chi connectivity index (χ3v) is 4.04. The Balaban J connectivity index is 6.55. The standard InChI is InChI=1S/C10H6F17O2P/c11-3(12,1-2-30(28)29)4(13,14)5(15,16)6(17,18)7(19,20)8(21,22)9(23,24)10(25,26)27/h28-29H,1-2H2. The van der Waals surface area contributed by atoms with Crippen molar-refractivity contribution in [3.05, 3.63) is 0 Å². The van der Waals surface area contributed by atoms with Crippen molar-refractivity contribution in [3.63, 3.8) is 0 Å². The Bertz CT molecular complexity index is 610. The van der Waals surface area contributed by atoms with Crippen molar-refractivity contribution in [1.82, 2.24) is 0 Å². The SMILES string of the molecule is OP(O)CCC(F)(F)C(F)(F)C(F)(F)C(F)(F)C(F)(F)C(F)(F)C(F)(F)C(F)(F)F. The molecule has 182 valence electrons. The molecule has 0 radical (unpaired) electrons. The molecule has 0 aromatic rings. The van der Waals surface area contributed by atoms with Gasteiger partial charge in [-0.1, -0.05) is 0 Å². The first-order chi connectivity index (χ1) is 12.7. The summed E-state index contributed by atoms with van der Waals surface area (Å²) >= 11 is 0. The summed E-state index contributed by atoms with van der Waals surface area (Å²) in [5.41, 5.74) is 0. The Morgan fingerprint density at radius 1 is 0.433 bits per heavy atom. The molecule has 0 saturated heterocycles. The number of alkyl halides is 17. The van der Waals surface area contributed by atoms with Gasteiger partial charge in [0.15, 0.2) is 8.38 Å². The van der Waals surface area contributed by atoms with Crippen molar-refractivity contribution >= 4 is 8.38 Å². The Morgan fingerprint density at radius 2 is 0.700 bits per heavy atom. The van der Waals surface area contributed by atoms with E-state index in [-0.39, 0.29) is 0 Å². The van der Waals surface area contributed by atoms with Gasteiger partial charge in [-0.25, -0.2) is 0 Å². The molecule has 0 saturated carbocycles. The van der Waals surface area contributed by atoms with Crippen LogP contribution in [0.2, 0.25) is 0 Å². The van der Waals surface area contributed by atoms with Gasteiger partial charge in [-0.05, 0) is 0 Å². The second-order valence-corrected chi connectivity index (χ2v) is 6.69. The molecule has 0 unspecified atom stereocenters. The van der Waals surface area contributed by atoms with E-state index in [1.807, 2.05) is 0 Å². The summed E-state index contributed by atoms with van der Waals surface area (Å²) in [5, 5.41) is 0. The van der Waals surface area contributed by atoms with Crippen LogP contribution in [0.1, 0.15) is 6.42 Å². The lowest BCUT2D eigenvalue weighted by atomic mass is 9.88. The highest BCUT2D eigenvalue weighted by Gasteiger charge is 2.95. The van der Waals surface area contributed by atoms with E-state index in [1.54, 1.807) is 0 Å². The minimum absolute atomic E-state index is 1.93. The fourth-order valence-electron chi connectivity index (χ4n) is 1.59. The maximum absolute atomic E-state index is 13.3. The maximum atomic E-state index is 13.3. The normalized spacial score (nSPS) is 16.4. The number of hydrogen-bond donors (Lipinski definition) is 2. The van der Waals surface area contributed by atoms with Crippen LogP contribution in [0.5, 0.6) is 0 Å². The van der Waals surface area contributed by atoms with Crippen LogP contribution < -0.4 is 0 Å². The lowest BCUT2D eigenvalue weighted by molar-refractivity contribution is -0.461. The lowest BCUT2D eigenvalue weighted by Crippen LogP contribution is -2.74. The zero-order valence-electron chi connectivity index (χ0n) is 13.2. The predicted molar refractivity (Wildman–Crippen MR) is 61.5 cm³/mol. The van der Waals surface area contributed by atoms with Crippen LogP contribution in [-0.2, 0) is 0 Å². The average Bonchev–Trinajstić information content (AvgIpc) is 2.50. The van der Waals surface area contributed by atoms with Gasteiger partial charge < -0.3 is 9.79 Å². The van der Waals surface area contributed by atoms with Crippen LogP contribution in [0.15, 0.2) is 0 Å². The fraction of sp³-hybridized carbons (Fsp3) is 1.00. The smallest absolute Gasteiger partial charge is 0.350 e. The van der Waals surface area contributed by atoms with E-state index in [2.05, 4.69) is 0 Å². The number of rotatable bonds is 9. The summed E-state index contributed by atoms with van der Waals surface area (Å²) in [5.74, 6) is -56.7. The van der Waals surface area contributed by atoms with Crippen molar-refractivity contribution in [2.45, 2.75) is 54.1 Å². The molecule has 2 nitrogen and oxygen atoms in total. The van der Waals surface area contributed by atoms with Gasteiger partial charge in [0.05, 0.1) is 0 Å². The molecular formula is C10H6F17O2P. The first-order valence-corrected chi connectivity index (χ1v) is 7.96. The van der Waals surface area contributed by atoms with Crippen molar-refractivity contribution in [3.8, 4) is 0 Å². The van der Waals surface area contributed by atoms with Gasteiger partial charge in [-0.3, -0.25) is 0 Å². The highest BCUT2D eigenvalue weighted by Crippen LogP contribution is 2.64. The van der Waals surface area contributed by atoms with Crippen LogP contribution in [0.3, 0.4) is 0 Å². The minimum Gasteiger partial charge on any atom is -0.350 e. The van der Waals surface area contributed by atoms with E-state index in [0.29, 0.717) is 0 Å². The summed E-state index contributed by atoms with van der Waals surface area (Å²) < 4.78 is 218. The molecule has 0 rings (SSSR count). The number of halogens is 17. The van der Waals surface area contributed by atoms with Gasteiger partial charge in [0, 0.05) is 12.6 Å². The second kappa shape index (κ2) is 7.64. The molecule has 0 amide bonds. The molecule has 0 spiro atoms. The topological polar surface area (TPSA) is 40.5 Å². The zero-order chi connectivity index (χ0) is 25.0. The van der Waals surface area contributed by atoms with Crippen LogP contribution in [0, 0.1) is 0 Å². The van der Waals surface area contributed by atoms with E-state index in [1.165, 1.54) is 0 Å². The first-order valence-electron chi connectivity index (χ1n) is 6.53. The van der Waals surface area contributed by atoms with Gasteiger partial charge in [-0.2, -0.15) is 74.6 Å². The first kappa shape index (κ1) is 29.2. The molecule has 0 aromatic heterocycles. The minimum atomic E-state index is -8.66. The highest BCUT2D eigenvalue weighted by atomic mass is 31.2. The monoisotopic (exact) mass is 512 g/mol. The summed E-state index contributed by atoms with van der Waals surface area (Å²) in [6.07, 6.45) is -12.6. The third-order valence-electron chi connectivity index (χ3n) is 3.41. The molecule has 0 heterocycles. The van der Waals surface area contributed by atoms with Gasteiger partial charge in [0.25, 0.3) is 0 Å². The second-order valence-electron chi connectivity index (χ2n) is 5.49. The van der Waals surface area contributed by atoms with Crippen molar-refractivity contribution < 1.29 is 84.4 Å². The average molecular weight is 512 g/mol. The van der Waals surface area contributed by atoms with Gasteiger partial charge >= 0.3 is 47.6 Å². The van der Waals surface area contributed by atoms with E-state index >= 15 is 0 Å². The van der Waals surface area contributed by atoms with Crippen LogP contribution >= 0.6 is 8.38 Å². The number of hydrogen-bond acceptors (Lipinski definition) is 2. The molecule has 0 aliphatic heterocycles. The molecule has 0 aliphatic rings. The maximum Gasteiger partial charge on any atom is 0.460 e. The molecule has 2 N–H and O–H groups in total. The van der Waals surface area contributed by atoms with Crippen molar-refractivity contribution in [2.75, 3.05) is 6.16 Å². The molecule has 30 heavy (non-hydrogen) atoms.